The van der Waals surface area contributed by atoms with E-state index >= 15 is 0 Å². The van der Waals surface area contributed by atoms with Crippen LogP contribution in [0.4, 0.5) is 5.69 Å². The van der Waals surface area contributed by atoms with Crippen LogP contribution in [0, 0.1) is 6.57 Å². The quantitative estimate of drug-likeness (QED) is 0.648. The third-order valence-corrected chi connectivity index (χ3v) is 4.12. The number of fused-ring (bicyclic) bond motifs is 1. The molecule has 5 nitrogen and oxygen atoms in total. The lowest BCUT2D eigenvalue weighted by molar-refractivity contribution is -0.132. The number of aliphatic carboxylic acids is 1. The summed E-state index contributed by atoms with van der Waals surface area (Å²) >= 11 is 0. The summed E-state index contributed by atoms with van der Waals surface area (Å²) in [7, 11) is 3.97. The number of ether oxygens (including phenoxy) is 1. The maximum absolute atomic E-state index is 11.3. The van der Waals surface area contributed by atoms with E-state index in [4.69, 9.17) is 11.3 Å². The number of carboxylic acids is 1. The standard InChI is InChI=1S/C22H18N2O3/c1-23-21(22(25)26)20-14-16(18-6-4-5-7-19(18)27-20)11-8-15-9-12-17(13-10-15)24(2)3/h4-14H,2-3H3,(H,25,26)/b11-8+,21-20+. The molecule has 0 aliphatic carbocycles. The van der Waals surface area contributed by atoms with Crippen LogP contribution in [-0.4, -0.2) is 25.2 Å². The average Bonchev–Trinajstić information content (AvgIpc) is 2.66. The summed E-state index contributed by atoms with van der Waals surface area (Å²) < 4.78 is 5.64. The van der Waals surface area contributed by atoms with Crippen LogP contribution in [0.5, 0.6) is 5.75 Å². The van der Waals surface area contributed by atoms with Gasteiger partial charge in [0.2, 0.25) is 0 Å². The van der Waals surface area contributed by atoms with Gasteiger partial charge < -0.3 is 14.7 Å². The maximum atomic E-state index is 11.3. The number of benzene rings is 2. The zero-order valence-electron chi connectivity index (χ0n) is 15.0. The van der Waals surface area contributed by atoms with E-state index in [0.717, 1.165) is 22.4 Å². The van der Waals surface area contributed by atoms with Crippen LogP contribution in [0.25, 0.3) is 16.5 Å². The number of hydrogen-bond acceptors (Lipinski definition) is 3. The molecule has 1 aliphatic rings. The van der Waals surface area contributed by atoms with Crippen LogP contribution < -0.4 is 9.64 Å². The van der Waals surface area contributed by atoms with Crippen molar-refractivity contribution in [2.45, 2.75) is 0 Å². The van der Waals surface area contributed by atoms with E-state index in [9.17, 15) is 9.90 Å². The molecule has 27 heavy (non-hydrogen) atoms. The van der Waals surface area contributed by atoms with E-state index in [0.29, 0.717) is 5.75 Å². The fraction of sp³-hybridized carbons (Fsp3) is 0.0909. The lowest BCUT2D eigenvalue weighted by atomic mass is 10.00. The van der Waals surface area contributed by atoms with E-state index in [2.05, 4.69) is 4.85 Å². The lowest BCUT2D eigenvalue weighted by Crippen LogP contribution is -2.09. The van der Waals surface area contributed by atoms with E-state index in [-0.39, 0.29) is 5.76 Å². The van der Waals surface area contributed by atoms with Crippen molar-refractivity contribution in [2.75, 3.05) is 19.0 Å². The van der Waals surface area contributed by atoms with Crippen LogP contribution >= 0.6 is 0 Å². The second kappa shape index (κ2) is 7.63. The van der Waals surface area contributed by atoms with Gasteiger partial charge in [-0.15, -0.1) is 0 Å². The largest absolute Gasteiger partial charge is 0.486 e. The molecule has 0 saturated heterocycles. The summed E-state index contributed by atoms with van der Waals surface area (Å²) in [5.74, 6) is -0.739. The normalized spacial score (nSPS) is 14.6. The Morgan fingerprint density at radius 3 is 2.44 bits per heavy atom. The third kappa shape index (κ3) is 3.91. The molecule has 0 bridgehead atoms. The van der Waals surface area contributed by atoms with Crippen molar-refractivity contribution in [3.05, 3.63) is 94.7 Å². The van der Waals surface area contributed by atoms with Crippen LogP contribution in [0.1, 0.15) is 11.1 Å². The first-order valence-corrected chi connectivity index (χ1v) is 8.29. The number of allylic oxidation sites excluding steroid dienone is 3. The smallest absolute Gasteiger partial charge is 0.337 e. The molecule has 0 fully saturated rings. The van der Waals surface area contributed by atoms with Gasteiger partial charge in [-0.05, 0) is 35.4 Å². The molecule has 0 aromatic heterocycles. The Bertz CT molecular complexity index is 1010. The minimum atomic E-state index is -1.31. The van der Waals surface area contributed by atoms with Crippen molar-refractivity contribution >= 4 is 23.3 Å². The predicted octanol–water partition coefficient (Wildman–Crippen LogP) is 4.46. The molecule has 2 aromatic carbocycles. The van der Waals surface area contributed by atoms with Gasteiger partial charge in [0.05, 0.1) is 6.57 Å². The Morgan fingerprint density at radius 2 is 1.81 bits per heavy atom. The van der Waals surface area contributed by atoms with Crippen LogP contribution in [-0.2, 0) is 4.79 Å². The van der Waals surface area contributed by atoms with Crippen molar-refractivity contribution in [3.63, 3.8) is 0 Å². The highest BCUT2D eigenvalue weighted by Crippen LogP contribution is 2.35. The summed E-state index contributed by atoms with van der Waals surface area (Å²) in [5.41, 5.74) is 3.31. The van der Waals surface area contributed by atoms with E-state index < -0.39 is 11.7 Å². The molecule has 0 radical (unpaired) electrons. The van der Waals surface area contributed by atoms with Gasteiger partial charge in [-0.1, -0.05) is 42.5 Å². The summed E-state index contributed by atoms with van der Waals surface area (Å²) in [5, 5.41) is 9.24. The van der Waals surface area contributed by atoms with Crippen LogP contribution in [0.2, 0.25) is 0 Å². The minimum Gasteiger partial charge on any atom is -0.486 e. The molecule has 0 spiro atoms. The Balaban J connectivity index is 2.01. The summed E-state index contributed by atoms with van der Waals surface area (Å²) in [4.78, 5) is 16.4. The van der Waals surface area contributed by atoms with Crippen LogP contribution in [0.15, 0.2) is 72.1 Å². The average molecular weight is 358 g/mol. The lowest BCUT2D eigenvalue weighted by Gasteiger charge is -2.19. The van der Waals surface area contributed by atoms with Crippen molar-refractivity contribution < 1.29 is 14.6 Å². The van der Waals surface area contributed by atoms with Crippen molar-refractivity contribution in [3.8, 4) is 5.75 Å². The first kappa shape index (κ1) is 18.0. The van der Waals surface area contributed by atoms with Crippen molar-refractivity contribution in [1.82, 2.24) is 0 Å². The summed E-state index contributed by atoms with van der Waals surface area (Å²) in [6.07, 6.45) is 5.44. The zero-order chi connectivity index (χ0) is 19.4. The molecule has 3 rings (SSSR count). The molecule has 1 N–H and O–H groups in total. The van der Waals surface area contributed by atoms with E-state index in [1.165, 1.54) is 0 Å². The number of carbonyl (C=O) groups is 1. The van der Waals surface area contributed by atoms with Gasteiger partial charge in [-0.2, -0.15) is 0 Å². The number of carboxylic acid groups (broad SMARTS) is 1. The van der Waals surface area contributed by atoms with Gasteiger partial charge in [0, 0.05) is 25.3 Å². The molecule has 5 heteroatoms. The molecule has 2 aromatic rings. The topological polar surface area (TPSA) is 54.1 Å². The number of anilines is 1. The first-order valence-electron chi connectivity index (χ1n) is 8.29. The molecular weight excluding hydrogens is 340 g/mol. The number of rotatable bonds is 4. The molecule has 0 amide bonds. The highest BCUT2D eigenvalue weighted by atomic mass is 16.5. The SMILES string of the molecule is [C-]#[N+]/C(C(=O)O)=C1C=C(/C=C/c2ccc(N(C)C)cc2)c2ccccc2O\1. The third-order valence-electron chi connectivity index (χ3n) is 4.12. The molecule has 1 heterocycles. The minimum absolute atomic E-state index is 0.0406. The Kier molecular flexibility index (Phi) is 5.09. The van der Waals surface area contributed by atoms with Crippen molar-refractivity contribution in [2.24, 2.45) is 0 Å². The highest BCUT2D eigenvalue weighted by Gasteiger charge is 2.21. The molecule has 0 saturated carbocycles. The van der Waals surface area contributed by atoms with Crippen LogP contribution in [0.3, 0.4) is 0 Å². The number of nitrogens with zero attached hydrogens (tertiary/aromatic N) is 2. The Morgan fingerprint density at radius 1 is 1.11 bits per heavy atom. The summed E-state index contributed by atoms with van der Waals surface area (Å²) in [6.45, 7) is 7.12. The second-order valence-electron chi connectivity index (χ2n) is 6.15. The van der Waals surface area contributed by atoms with E-state index in [1.54, 1.807) is 18.2 Å². The number of para-hydroxylation sites is 1. The molecular formula is C22H18N2O3. The molecule has 134 valence electrons. The van der Waals surface area contributed by atoms with E-state index in [1.807, 2.05) is 67.5 Å². The monoisotopic (exact) mass is 358 g/mol. The molecule has 0 unspecified atom stereocenters. The van der Waals surface area contributed by atoms with Gasteiger partial charge in [0.1, 0.15) is 11.5 Å². The fourth-order valence-electron chi connectivity index (χ4n) is 2.69. The highest BCUT2D eigenvalue weighted by molar-refractivity contribution is 5.92. The van der Waals surface area contributed by atoms with Gasteiger partial charge in [-0.25, -0.2) is 4.85 Å². The molecule has 1 aliphatic heterocycles. The molecule has 0 atom stereocenters. The summed E-state index contributed by atoms with van der Waals surface area (Å²) in [6, 6.07) is 15.4. The fourth-order valence-corrected chi connectivity index (χ4v) is 2.69. The zero-order valence-corrected chi connectivity index (χ0v) is 15.0. The van der Waals surface area contributed by atoms with Gasteiger partial charge in [0.15, 0.2) is 0 Å². The maximum Gasteiger partial charge on any atom is 0.337 e. The van der Waals surface area contributed by atoms with Crippen molar-refractivity contribution in [1.29, 1.82) is 0 Å². The van der Waals surface area contributed by atoms with Gasteiger partial charge in [0.25, 0.3) is 0 Å². The van der Waals surface area contributed by atoms with Gasteiger partial charge >= 0.3 is 11.7 Å². The number of hydrogen-bond donors (Lipinski definition) is 1. The predicted molar refractivity (Wildman–Crippen MR) is 106 cm³/mol. The Hall–Kier alpha value is -3.78. The Labute approximate surface area is 157 Å². The first-order chi connectivity index (χ1) is 13.0. The second-order valence-corrected chi connectivity index (χ2v) is 6.15. The van der Waals surface area contributed by atoms with Gasteiger partial charge in [-0.3, -0.25) is 4.79 Å².